The lowest BCUT2D eigenvalue weighted by atomic mass is 9.84. The van der Waals surface area contributed by atoms with Crippen molar-refractivity contribution >= 4 is 55.9 Å². The van der Waals surface area contributed by atoms with E-state index in [-0.39, 0.29) is 5.41 Å². The number of anilines is 1. The molecule has 0 saturated heterocycles. The van der Waals surface area contributed by atoms with E-state index in [1.807, 2.05) is 11.3 Å². The maximum atomic E-state index is 2.49. The molecule has 2 nitrogen and oxygen atoms in total. The molecule has 1 aliphatic rings. The van der Waals surface area contributed by atoms with Gasteiger partial charge in [-0.1, -0.05) is 96.3 Å². The summed E-state index contributed by atoms with van der Waals surface area (Å²) in [6.07, 6.45) is 14.9. The van der Waals surface area contributed by atoms with Gasteiger partial charge in [0.15, 0.2) is 6.54 Å². The van der Waals surface area contributed by atoms with Crippen molar-refractivity contribution in [1.82, 2.24) is 0 Å². The summed E-state index contributed by atoms with van der Waals surface area (Å²) in [5, 5.41) is 1.32. The third-order valence-corrected chi connectivity index (χ3v) is 8.20. The highest BCUT2D eigenvalue weighted by Crippen LogP contribution is 2.46. The average molecular weight is 556 g/mol. The summed E-state index contributed by atoms with van der Waals surface area (Å²) in [4.78, 5) is 2.32. The van der Waals surface area contributed by atoms with Crippen molar-refractivity contribution < 1.29 is 4.57 Å². The van der Waals surface area contributed by atoms with Gasteiger partial charge in [0.2, 0.25) is 5.52 Å². The van der Waals surface area contributed by atoms with Crippen LogP contribution < -0.4 is 9.47 Å². The second kappa shape index (κ2) is 10.3. The van der Waals surface area contributed by atoms with E-state index in [1.54, 1.807) is 0 Å². The molecule has 0 fully saturated rings. The number of nitrogens with zero attached hydrogens (tertiary/aromatic N) is 2. The number of unbranched alkanes of at least 4 members (excludes halogenated alkanes) is 2. The number of fused-ring (bicyclic) bond motifs is 2. The molecule has 0 bridgehead atoms. The van der Waals surface area contributed by atoms with E-state index >= 15 is 0 Å². The Kier molecular flexibility index (Phi) is 7.51. The minimum absolute atomic E-state index is 0.0197. The van der Waals surface area contributed by atoms with Crippen molar-refractivity contribution in [3.63, 3.8) is 0 Å². The highest BCUT2D eigenvalue weighted by Gasteiger charge is 2.37. The molecule has 0 saturated carbocycles. The highest BCUT2D eigenvalue weighted by molar-refractivity contribution is 14.1. The van der Waals surface area contributed by atoms with Gasteiger partial charge in [0.1, 0.15) is 4.70 Å². The number of likely N-dealkylation sites (N-methyl/N-ethyl adjacent to an activating group) is 1. The fraction of sp³-hybridized carbons (Fsp3) is 0.321. The predicted octanol–water partition coefficient (Wildman–Crippen LogP) is 7.68. The van der Waals surface area contributed by atoms with Gasteiger partial charge < -0.3 is 4.90 Å². The quantitative estimate of drug-likeness (QED) is 0.0910. The van der Waals surface area contributed by atoms with Gasteiger partial charge in [-0.15, -0.1) is 0 Å². The van der Waals surface area contributed by atoms with Crippen LogP contribution in [0.3, 0.4) is 0 Å². The third kappa shape index (κ3) is 4.72. The number of thiazole rings is 1. The molecule has 0 aliphatic carbocycles. The molecular weight excluding hydrogens is 523 g/mol. The monoisotopic (exact) mass is 555 g/mol. The molecule has 4 rings (SSSR count). The molecule has 3 aromatic rings. The van der Waals surface area contributed by atoms with Crippen LogP contribution in [0, 0.1) is 0 Å². The Morgan fingerprint density at radius 3 is 2.56 bits per heavy atom. The van der Waals surface area contributed by atoms with Crippen molar-refractivity contribution in [2.24, 2.45) is 0 Å². The van der Waals surface area contributed by atoms with Gasteiger partial charge in [0.25, 0.3) is 5.01 Å². The van der Waals surface area contributed by atoms with E-state index in [9.17, 15) is 0 Å². The lowest BCUT2D eigenvalue weighted by Crippen LogP contribution is -2.34. The fourth-order valence-corrected chi connectivity index (χ4v) is 6.24. The molecule has 4 heteroatoms. The molecule has 0 atom stereocenters. The highest BCUT2D eigenvalue weighted by atomic mass is 127. The summed E-state index contributed by atoms with van der Waals surface area (Å²) in [5.74, 6) is 0. The van der Waals surface area contributed by atoms with Crippen molar-refractivity contribution in [2.45, 2.75) is 45.1 Å². The van der Waals surface area contributed by atoms with Crippen LogP contribution in [-0.2, 0) is 12.0 Å². The van der Waals surface area contributed by atoms with Crippen LogP contribution >= 0.6 is 33.9 Å². The largest absolute Gasteiger partial charge is 0.347 e. The Morgan fingerprint density at radius 1 is 0.969 bits per heavy atom. The molecule has 0 unspecified atom stereocenters. The van der Waals surface area contributed by atoms with Crippen LogP contribution in [0.15, 0.2) is 78.5 Å². The standard InChI is InChI=1S/C28H32IN2S/c1-28(2)22-14-8-9-15-23(22)30(3)26(28)18-6-4-7-19-27-31(21-13-5-12-20-29)24-16-10-11-17-25(24)32-27/h4,6-11,14-19H,5,12-13,20-21H2,1-3H3/q+1. The van der Waals surface area contributed by atoms with Crippen LogP contribution in [0.25, 0.3) is 16.3 Å². The van der Waals surface area contributed by atoms with E-state index in [4.69, 9.17) is 0 Å². The Bertz CT molecular complexity index is 1170. The Labute approximate surface area is 210 Å². The zero-order valence-corrected chi connectivity index (χ0v) is 22.2. The molecule has 1 aromatic heterocycles. The topological polar surface area (TPSA) is 7.12 Å². The maximum absolute atomic E-state index is 2.49. The molecule has 0 amide bonds. The minimum atomic E-state index is 0.0197. The fourth-order valence-electron chi connectivity index (χ4n) is 4.60. The molecule has 0 N–H and O–H groups in total. The number of halogens is 1. The summed E-state index contributed by atoms with van der Waals surface area (Å²) in [6, 6.07) is 17.5. The van der Waals surface area contributed by atoms with Crippen molar-refractivity contribution in [2.75, 3.05) is 16.4 Å². The SMILES string of the molecule is CN1\C(=C/C=C/C=C/c2sc3ccccc3[n+]2CCCCCI)C(C)(C)c2ccccc21. The van der Waals surface area contributed by atoms with Crippen molar-refractivity contribution in [3.05, 3.63) is 89.1 Å². The zero-order chi connectivity index (χ0) is 22.6. The van der Waals surface area contributed by atoms with E-state index in [0.717, 1.165) is 6.54 Å². The normalized spacial score (nSPS) is 16.8. The van der Waals surface area contributed by atoms with Crippen LogP contribution in [0.4, 0.5) is 5.69 Å². The second-order valence-electron chi connectivity index (χ2n) is 8.81. The number of aryl methyl sites for hydroxylation is 1. The molecule has 0 spiro atoms. The van der Waals surface area contributed by atoms with E-state index in [0.29, 0.717) is 0 Å². The second-order valence-corrected chi connectivity index (χ2v) is 10.9. The number of allylic oxidation sites excluding steroid dienone is 5. The van der Waals surface area contributed by atoms with Crippen molar-refractivity contribution in [3.8, 4) is 0 Å². The smallest absolute Gasteiger partial charge is 0.262 e. The zero-order valence-electron chi connectivity index (χ0n) is 19.2. The first-order valence-corrected chi connectivity index (χ1v) is 13.7. The maximum Gasteiger partial charge on any atom is 0.262 e. The summed E-state index contributed by atoms with van der Waals surface area (Å²) < 4.78 is 5.09. The van der Waals surface area contributed by atoms with Gasteiger partial charge in [0.05, 0.1) is 0 Å². The Hall–Kier alpha value is -1.92. The molecule has 0 radical (unpaired) electrons. The number of para-hydroxylation sites is 2. The first-order chi connectivity index (χ1) is 15.5. The van der Waals surface area contributed by atoms with E-state index < -0.39 is 0 Å². The molecular formula is C28H32IN2S+. The van der Waals surface area contributed by atoms with Gasteiger partial charge in [-0.25, -0.2) is 0 Å². The average Bonchev–Trinajstić information content (AvgIpc) is 3.24. The lowest BCUT2D eigenvalue weighted by molar-refractivity contribution is -0.669. The molecule has 2 aromatic carbocycles. The van der Waals surface area contributed by atoms with Crippen LogP contribution in [0.5, 0.6) is 0 Å². The summed E-state index contributed by atoms with van der Waals surface area (Å²) in [7, 11) is 2.17. The van der Waals surface area contributed by atoms with Gasteiger partial charge in [-0.3, -0.25) is 0 Å². The third-order valence-electron chi connectivity index (χ3n) is 6.31. The van der Waals surface area contributed by atoms with Crippen molar-refractivity contribution in [1.29, 1.82) is 0 Å². The molecule has 166 valence electrons. The lowest BCUT2D eigenvalue weighted by Gasteiger charge is -2.23. The van der Waals surface area contributed by atoms with E-state index in [1.165, 1.54) is 55.9 Å². The summed E-state index contributed by atoms with van der Waals surface area (Å²) in [6.45, 7) is 5.71. The van der Waals surface area contributed by atoms with Gasteiger partial charge in [-0.05, 0) is 41.0 Å². The molecule has 1 aliphatic heterocycles. The number of benzene rings is 2. The minimum Gasteiger partial charge on any atom is -0.347 e. The summed E-state index contributed by atoms with van der Waals surface area (Å²) >= 11 is 4.35. The predicted molar refractivity (Wildman–Crippen MR) is 149 cm³/mol. The number of hydrogen-bond donors (Lipinski definition) is 0. The van der Waals surface area contributed by atoms with Crippen LogP contribution in [0.1, 0.15) is 43.7 Å². The van der Waals surface area contributed by atoms with Gasteiger partial charge in [-0.2, -0.15) is 4.57 Å². The van der Waals surface area contributed by atoms with Gasteiger partial charge >= 0.3 is 0 Å². The number of rotatable bonds is 8. The molecule has 2 heterocycles. The summed E-state index contributed by atoms with van der Waals surface area (Å²) in [5.41, 5.74) is 5.40. The first-order valence-electron chi connectivity index (χ1n) is 11.4. The Balaban J connectivity index is 1.52. The van der Waals surface area contributed by atoms with Gasteiger partial charge in [0, 0.05) is 42.4 Å². The van der Waals surface area contributed by atoms with E-state index in [2.05, 4.69) is 132 Å². The molecule has 32 heavy (non-hydrogen) atoms. The number of hydrogen-bond acceptors (Lipinski definition) is 2. The van der Waals surface area contributed by atoms with Crippen LogP contribution in [0.2, 0.25) is 0 Å². The van der Waals surface area contributed by atoms with Crippen LogP contribution in [-0.4, -0.2) is 11.5 Å². The first kappa shape index (κ1) is 23.2. The Morgan fingerprint density at radius 2 is 1.75 bits per heavy atom. The number of aromatic nitrogens is 1. The number of alkyl halides is 1.